The first kappa shape index (κ1) is 17.3. The van der Waals surface area contributed by atoms with Crippen molar-refractivity contribution >= 4 is 23.6 Å². The van der Waals surface area contributed by atoms with Crippen LogP contribution in [0.4, 0.5) is 10.5 Å². The maximum Gasteiger partial charge on any atom is 0.322 e. The molecule has 2 N–H and O–H groups in total. The van der Waals surface area contributed by atoms with Gasteiger partial charge in [-0.05, 0) is 30.9 Å². The lowest BCUT2D eigenvalue weighted by Gasteiger charge is -2.40. The van der Waals surface area contributed by atoms with E-state index in [2.05, 4.69) is 5.32 Å². The highest BCUT2D eigenvalue weighted by atomic mass is 16.4. The molecule has 0 aliphatic carbocycles. The summed E-state index contributed by atoms with van der Waals surface area (Å²) in [5.74, 6) is -0.865. The highest BCUT2D eigenvalue weighted by Crippen LogP contribution is 2.27. The summed E-state index contributed by atoms with van der Waals surface area (Å²) in [6.45, 7) is 1.82. The van der Waals surface area contributed by atoms with Crippen molar-refractivity contribution in [2.45, 2.75) is 44.7 Å². The zero-order valence-electron chi connectivity index (χ0n) is 14.1. The van der Waals surface area contributed by atoms with Gasteiger partial charge in [-0.2, -0.15) is 0 Å². The third-order valence-corrected chi connectivity index (χ3v) is 4.90. The monoisotopic (exact) mass is 345 g/mol. The molecule has 0 saturated carbocycles. The molecule has 1 fully saturated rings. The van der Waals surface area contributed by atoms with Gasteiger partial charge >= 0.3 is 12.0 Å². The van der Waals surface area contributed by atoms with Gasteiger partial charge in [-0.15, -0.1) is 0 Å². The predicted octanol–water partition coefficient (Wildman–Crippen LogP) is 2.28. The van der Waals surface area contributed by atoms with Gasteiger partial charge in [-0.25, -0.2) is 4.79 Å². The molecule has 0 unspecified atom stereocenters. The fraction of sp³-hybridized carbons (Fsp3) is 0.500. The van der Waals surface area contributed by atoms with Crippen molar-refractivity contribution in [3.63, 3.8) is 0 Å². The van der Waals surface area contributed by atoms with Crippen molar-refractivity contribution in [1.29, 1.82) is 0 Å². The summed E-state index contributed by atoms with van der Waals surface area (Å²) in [6.07, 6.45) is 2.17. The maximum atomic E-state index is 12.4. The molecule has 1 aromatic carbocycles. The smallest absolute Gasteiger partial charge is 0.322 e. The molecule has 0 bridgehead atoms. The van der Waals surface area contributed by atoms with Crippen molar-refractivity contribution in [2.75, 3.05) is 18.4 Å². The second kappa shape index (κ2) is 7.55. The predicted molar refractivity (Wildman–Crippen MR) is 92.1 cm³/mol. The zero-order valence-corrected chi connectivity index (χ0v) is 14.1. The van der Waals surface area contributed by atoms with Crippen LogP contribution in [0, 0.1) is 0 Å². The average molecular weight is 345 g/mol. The molecule has 3 rings (SSSR count). The molecule has 7 nitrogen and oxygen atoms in total. The minimum absolute atomic E-state index is 0.00754. The highest BCUT2D eigenvalue weighted by molar-refractivity contribution is 5.92. The fourth-order valence-electron chi connectivity index (χ4n) is 3.49. The van der Waals surface area contributed by atoms with E-state index in [1.165, 1.54) is 0 Å². The zero-order chi connectivity index (χ0) is 17.8. The first-order valence-corrected chi connectivity index (χ1v) is 8.69. The minimum atomic E-state index is -0.872. The summed E-state index contributed by atoms with van der Waals surface area (Å²) in [4.78, 5) is 38.7. The van der Waals surface area contributed by atoms with Crippen LogP contribution in [0.3, 0.4) is 0 Å². The van der Waals surface area contributed by atoms with E-state index >= 15 is 0 Å². The molecular formula is C18H23N3O4. The third kappa shape index (κ3) is 4.10. The number of likely N-dealkylation sites (tertiary alicyclic amines) is 1. The van der Waals surface area contributed by atoms with Crippen LogP contribution < -0.4 is 5.32 Å². The Kier molecular flexibility index (Phi) is 5.21. The van der Waals surface area contributed by atoms with Gasteiger partial charge in [0.15, 0.2) is 0 Å². The van der Waals surface area contributed by atoms with Gasteiger partial charge in [0.25, 0.3) is 0 Å². The van der Waals surface area contributed by atoms with Crippen LogP contribution >= 0.6 is 0 Å². The molecular weight excluding hydrogens is 322 g/mol. The highest BCUT2D eigenvalue weighted by Gasteiger charge is 2.32. The number of carbonyl (C=O) groups excluding carboxylic acids is 2. The van der Waals surface area contributed by atoms with Gasteiger partial charge in [0.2, 0.25) is 5.91 Å². The molecule has 1 saturated heterocycles. The molecule has 0 radical (unpaired) electrons. The first-order chi connectivity index (χ1) is 12.0. The van der Waals surface area contributed by atoms with Gasteiger partial charge in [0, 0.05) is 44.2 Å². The Balaban J connectivity index is 1.51. The maximum absolute atomic E-state index is 12.4. The number of anilines is 1. The number of para-hydroxylation sites is 1. The molecule has 25 heavy (non-hydrogen) atoms. The number of carboxylic acids is 1. The minimum Gasteiger partial charge on any atom is -0.481 e. The van der Waals surface area contributed by atoms with Gasteiger partial charge < -0.3 is 20.2 Å². The summed E-state index contributed by atoms with van der Waals surface area (Å²) in [7, 11) is 0. The van der Waals surface area contributed by atoms with Crippen LogP contribution in [-0.2, 0) is 16.1 Å². The van der Waals surface area contributed by atoms with E-state index < -0.39 is 5.97 Å². The van der Waals surface area contributed by atoms with Crippen LogP contribution in [0.2, 0.25) is 0 Å². The number of aliphatic carboxylic acids is 1. The Hall–Kier alpha value is -2.57. The average Bonchev–Trinajstić information content (AvgIpc) is 2.61. The number of amides is 3. The van der Waals surface area contributed by atoms with Gasteiger partial charge in [0.1, 0.15) is 0 Å². The molecule has 2 heterocycles. The number of benzene rings is 1. The fourth-order valence-corrected chi connectivity index (χ4v) is 3.49. The molecule has 1 aromatic rings. The second-order valence-electron chi connectivity index (χ2n) is 6.57. The summed E-state index contributed by atoms with van der Waals surface area (Å²) in [5, 5.41) is 11.6. The van der Waals surface area contributed by atoms with Gasteiger partial charge in [0.05, 0.1) is 0 Å². The quantitative estimate of drug-likeness (QED) is 0.857. The lowest BCUT2D eigenvalue weighted by Crippen LogP contribution is -2.51. The molecule has 3 amide bonds. The van der Waals surface area contributed by atoms with Crippen molar-refractivity contribution in [3.8, 4) is 0 Å². The summed E-state index contributed by atoms with van der Waals surface area (Å²) in [5.41, 5.74) is 1.98. The molecule has 0 atom stereocenters. The second-order valence-corrected chi connectivity index (χ2v) is 6.57. The van der Waals surface area contributed by atoms with Crippen LogP contribution in [-0.4, -0.2) is 51.9 Å². The Morgan fingerprint density at radius 1 is 1.16 bits per heavy atom. The van der Waals surface area contributed by atoms with E-state index in [4.69, 9.17) is 5.11 Å². The first-order valence-electron chi connectivity index (χ1n) is 8.69. The third-order valence-electron chi connectivity index (χ3n) is 4.90. The number of carbonyl (C=O) groups is 3. The number of nitrogens with one attached hydrogen (secondary N) is 1. The van der Waals surface area contributed by atoms with Crippen LogP contribution in [0.5, 0.6) is 0 Å². The normalized spacial score (nSPS) is 17.8. The van der Waals surface area contributed by atoms with Crippen molar-refractivity contribution < 1.29 is 19.5 Å². The SMILES string of the molecule is O=C(O)CCCC(=O)N1CCC(N2Cc3ccccc3NC2=O)CC1. The van der Waals surface area contributed by atoms with Gasteiger partial charge in [-0.3, -0.25) is 9.59 Å². The molecule has 0 spiro atoms. The number of fused-ring (bicyclic) bond motifs is 1. The van der Waals surface area contributed by atoms with Crippen molar-refractivity contribution in [2.24, 2.45) is 0 Å². The Morgan fingerprint density at radius 2 is 1.88 bits per heavy atom. The largest absolute Gasteiger partial charge is 0.481 e. The van der Waals surface area contributed by atoms with Crippen LogP contribution in [0.1, 0.15) is 37.7 Å². The van der Waals surface area contributed by atoms with Crippen molar-refractivity contribution in [1.82, 2.24) is 9.80 Å². The van der Waals surface area contributed by atoms with E-state index in [0.717, 1.165) is 24.1 Å². The molecule has 7 heteroatoms. The number of urea groups is 1. The molecule has 2 aliphatic heterocycles. The van der Waals surface area contributed by atoms with Crippen LogP contribution in [0.15, 0.2) is 24.3 Å². The lowest BCUT2D eigenvalue weighted by atomic mass is 10.0. The number of carboxylic acid groups (broad SMARTS) is 1. The van der Waals surface area contributed by atoms with Crippen molar-refractivity contribution in [3.05, 3.63) is 29.8 Å². The van der Waals surface area contributed by atoms with E-state index in [1.807, 2.05) is 29.2 Å². The Bertz CT molecular complexity index is 668. The van der Waals surface area contributed by atoms with E-state index in [0.29, 0.717) is 26.1 Å². The Morgan fingerprint density at radius 3 is 2.60 bits per heavy atom. The topological polar surface area (TPSA) is 89.9 Å². The standard InChI is InChI=1S/C18H23N3O4/c22-16(6-3-7-17(23)24)20-10-8-14(9-11-20)21-12-13-4-1-2-5-15(13)19-18(21)25/h1-2,4-5,14H,3,6-12H2,(H,19,25)(H,23,24). The van der Waals surface area contributed by atoms with Crippen LogP contribution in [0.25, 0.3) is 0 Å². The molecule has 134 valence electrons. The molecule has 0 aromatic heterocycles. The Labute approximate surface area is 146 Å². The number of hydrogen-bond acceptors (Lipinski definition) is 3. The van der Waals surface area contributed by atoms with E-state index in [-0.39, 0.29) is 30.8 Å². The summed E-state index contributed by atoms with van der Waals surface area (Å²) in [6, 6.07) is 7.84. The number of nitrogens with zero attached hydrogens (tertiary/aromatic N) is 2. The van der Waals surface area contributed by atoms with Gasteiger partial charge in [-0.1, -0.05) is 18.2 Å². The lowest BCUT2D eigenvalue weighted by molar-refractivity contribution is -0.137. The summed E-state index contributed by atoms with van der Waals surface area (Å²) < 4.78 is 0. The van der Waals surface area contributed by atoms with E-state index in [9.17, 15) is 14.4 Å². The van der Waals surface area contributed by atoms with E-state index in [1.54, 1.807) is 4.90 Å². The summed E-state index contributed by atoms with van der Waals surface area (Å²) >= 11 is 0. The number of piperidine rings is 1. The number of hydrogen-bond donors (Lipinski definition) is 2. The number of rotatable bonds is 5. The molecule has 2 aliphatic rings.